The van der Waals surface area contributed by atoms with Gasteiger partial charge in [-0.1, -0.05) is 56.1 Å². The minimum absolute atomic E-state index is 0.202. The lowest BCUT2D eigenvalue weighted by Crippen LogP contribution is -2.33. The van der Waals surface area contributed by atoms with Gasteiger partial charge in [0.2, 0.25) is 0 Å². The van der Waals surface area contributed by atoms with Crippen LogP contribution in [-0.2, 0) is 9.59 Å². The Morgan fingerprint density at radius 2 is 1.52 bits per heavy atom. The summed E-state index contributed by atoms with van der Waals surface area (Å²) in [4.78, 5) is 36.9. The molecule has 7 nitrogen and oxygen atoms in total. The van der Waals surface area contributed by atoms with Crippen LogP contribution in [0.25, 0.3) is 0 Å². The molecule has 3 amide bonds. The van der Waals surface area contributed by atoms with Gasteiger partial charge < -0.3 is 10.6 Å². The van der Waals surface area contributed by atoms with Crippen LogP contribution in [0.5, 0.6) is 0 Å². The summed E-state index contributed by atoms with van der Waals surface area (Å²) in [6.45, 7) is 0. The number of hydrogen-bond donors (Lipinski definition) is 3. The number of nitrogens with zero attached hydrogens (tertiary/aromatic N) is 1. The quantitative estimate of drug-likeness (QED) is 0.250. The Morgan fingerprint density at radius 1 is 0.774 bits per heavy atom. The number of rotatable bonds is 5. The SMILES string of the molecule is O=C(N/N=C/c1cccc(Br)c1)C(=O)Nc1ccccc1C(=O)Nc1ccc(Br)cc1. The van der Waals surface area contributed by atoms with Crippen molar-refractivity contribution in [3.63, 3.8) is 0 Å². The lowest BCUT2D eigenvalue weighted by atomic mass is 10.1. The van der Waals surface area contributed by atoms with Crippen LogP contribution in [-0.4, -0.2) is 23.9 Å². The van der Waals surface area contributed by atoms with E-state index in [4.69, 9.17) is 0 Å². The Morgan fingerprint density at radius 3 is 2.26 bits per heavy atom. The van der Waals surface area contributed by atoms with E-state index in [1.165, 1.54) is 12.3 Å². The van der Waals surface area contributed by atoms with Gasteiger partial charge in [0.25, 0.3) is 5.91 Å². The first-order valence-corrected chi connectivity index (χ1v) is 10.6. The van der Waals surface area contributed by atoms with Gasteiger partial charge >= 0.3 is 11.8 Å². The van der Waals surface area contributed by atoms with Crippen molar-refractivity contribution in [2.24, 2.45) is 5.10 Å². The van der Waals surface area contributed by atoms with E-state index in [1.54, 1.807) is 54.6 Å². The van der Waals surface area contributed by atoms with Gasteiger partial charge in [0.1, 0.15) is 0 Å². The van der Waals surface area contributed by atoms with Crippen molar-refractivity contribution in [3.05, 3.63) is 92.9 Å². The number of benzene rings is 3. The fourth-order valence-electron chi connectivity index (χ4n) is 2.50. The highest BCUT2D eigenvalue weighted by molar-refractivity contribution is 9.10. The molecule has 0 bridgehead atoms. The van der Waals surface area contributed by atoms with Gasteiger partial charge in [-0.25, -0.2) is 5.43 Å². The summed E-state index contributed by atoms with van der Waals surface area (Å²) in [5.74, 6) is -2.34. The highest BCUT2D eigenvalue weighted by Gasteiger charge is 2.17. The van der Waals surface area contributed by atoms with Gasteiger partial charge in [0, 0.05) is 14.6 Å². The number of nitrogens with one attached hydrogen (secondary N) is 3. The zero-order valence-electron chi connectivity index (χ0n) is 15.9. The van der Waals surface area contributed by atoms with E-state index in [9.17, 15) is 14.4 Å². The third-order valence-corrected chi connectivity index (χ3v) is 4.98. The molecule has 9 heteroatoms. The van der Waals surface area contributed by atoms with Crippen LogP contribution in [0.15, 0.2) is 86.8 Å². The Kier molecular flexibility index (Phi) is 7.69. The maximum absolute atomic E-state index is 12.6. The van der Waals surface area contributed by atoms with E-state index in [2.05, 4.69) is 53.0 Å². The largest absolute Gasteiger partial charge is 0.329 e. The summed E-state index contributed by atoms with van der Waals surface area (Å²) in [5.41, 5.74) is 3.91. The van der Waals surface area contributed by atoms with Gasteiger partial charge in [0.15, 0.2) is 0 Å². The van der Waals surface area contributed by atoms with Crippen molar-refractivity contribution in [1.82, 2.24) is 5.43 Å². The van der Waals surface area contributed by atoms with Gasteiger partial charge in [-0.3, -0.25) is 14.4 Å². The first-order valence-electron chi connectivity index (χ1n) is 8.98. The third kappa shape index (κ3) is 6.59. The number of hydrogen-bond acceptors (Lipinski definition) is 4. The molecule has 0 spiro atoms. The molecular weight excluding hydrogens is 528 g/mol. The lowest BCUT2D eigenvalue weighted by molar-refractivity contribution is -0.136. The van der Waals surface area contributed by atoms with E-state index in [0.29, 0.717) is 5.69 Å². The highest BCUT2D eigenvalue weighted by atomic mass is 79.9. The van der Waals surface area contributed by atoms with E-state index in [1.807, 2.05) is 12.1 Å². The molecule has 156 valence electrons. The molecule has 0 aliphatic rings. The first kappa shape index (κ1) is 22.4. The van der Waals surface area contributed by atoms with Crippen LogP contribution < -0.4 is 16.1 Å². The summed E-state index contributed by atoms with van der Waals surface area (Å²) in [5, 5.41) is 8.97. The first-order chi connectivity index (χ1) is 14.9. The molecule has 31 heavy (non-hydrogen) atoms. The average molecular weight is 544 g/mol. The second-order valence-electron chi connectivity index (χ2n) is 6.21. The number of carbonyl (C=O) groups is 3. The Labute approximate surface area is 195 Å². The molecular formula is C22H16Br2N4O3. The summed E-state index contributed by atoms with van der Waals surface area (Å²) < 4.78 is 1.74. The Hall–Kier alpha value is -3.30. The van der Waals surface area contributed by atoms with E-state index < -0.39 is 17.7 Å². The third-order valence-electron chi connectivity index (χ3n) is 3.96. The van der Waals surface area contributed by atoms with E-state index in [0.717, 1.165) is 14.5 Å². The second kappa shape index (κ2) is 10.6. The van der Waals surface area contributed by atoms with Gasteiger partial charge in [-0.15, -0.1) is 0 Å². The molecule has 0 saturated carbocycles. The summed E-state index contributed by atoms with van der Waals surface area (Å²) in [6.07, 6.45) is 1.41. The summed E-state index contributed by atoms with van der Waals surface area (Å²) in [7, 11) is 0. The normalized spacial score (nSPS) is 10.5. The summed E-state index contributed by atoms with van der Waals surface area (Å²) >= 11 is 6.67. The van der Waals surface area contributed by atoms with Gasteiger partial charge in [-0.05, 0) is 54.1 Å². The molecule has 3 rings (SSSR count). The smallest absolute Gasteiger partial charge is 0.322 e. The lowest BCUT2D eigenvalue weighted by Gasteiger charge is -2.11. The molecule has 0 heterocycles. The Balaban J connectivity index is 1.63. The monoisotopic (exact) mass is 542 g/mol. The molecule has 0 aliphatic carbocycles. The minimum atomic E-state index is -0.964. The van der Waals surface area contributed by atoms with Crippen molar-refractivity contribution in [3.8, 4) is 0 Å². The van der Waals surface area contributed by atoms with Crippen molar-refractivity contribution >= 4 is 67.2 Å². The minimum Gasteiger partial charge on any atom is -0.322 e. The molecule has 0 saturated heterocycles. The molecule has 0 aromatic heterocycles. The van der Waals surface area contributed by atoms with Crippen LogP contribution in [0.1, 0.15) is 15.9 Å². The predicted molar refractivity (Wildman–Crippen MR) is 127 cm³/mol. The molecule has 0 unspecified atom stereocenters. The number of anilines is 2. The molecule has 3 N–H and O–H groups in total. The molecule has 0 radical (unpaired) electrons. The molecule has 0 fully saturated rings. The number of amides is 3. The van der Waals surface area contributed by atoms with Crippen molar-refractivity contribution in [2.75, 3.05) is 10.6 Å². The fourth-order valence-corrected chi connectivity index (χ4v) is 3.19. The standard InChI is InChI=1S/C22H16Br2N4O3/c23-15-8-10-17(11-9-15)26-20(29)18-6-1-2-7-19(18)27-21(30)22(31)28-25-13-14-4-3-5-16(24)12-14/h1-13H,(H,26,29)(H,27,30)(H,28,31)/b25-13+. The number of hydrazone groups is 1. The fraction of sp³-hybridized carbons (Fsp3) is 0. The van der Waals surface area contributed by atoms with Crippen LogP contribution in [0.3, 0.4) is 0 Å². The Bertz CT molecular complexity index is 1150. The number of halogens is 2. The van der Waals surface area contributed by atoms with Crippen LogP contribution >= 0.6 is 31.9 Å². The van der Waals surface area contributed by atoms with Crippen molar-refractivity contribution in [2.45, 2.75) is 0 Å². The van der Waals surface area contributed by atoms with Crippen LogP contribution in [0, 0.1) is 0 Å². The maximum atomic E-state index is 12.6. The number of carbonyl (C=O) groups excluding carboxylic acids is 3. The topological polar surface area (TPSA) is 99.7 Å². The second-order valence-corrected chi connectivity index (χ2v) is 8.05. The molecule has 0 atom stereocenters. The number of para-hydroxylation sites is 1. The molecule has 0 aliphatic heterocycles. The van der Waals surface area contributed by atoms with Crippen molar-refractivity contribution in [1.29, 1.82) is 0 Å². The zero-order valence-corrected chi connectivity index (χ0v) is 19.1. The van der Waals surface area contributed by atoms with E-state index in [-0.39, 0.29) is 11.3 Å². The summed E-state index contributed by atoms with van der Waals surface area (Å²) in [6, 6.07) is 20.7. The van der Waals surface area contributed by atoms with Gasteiger partial charge in [0.05, 0.1) is 17.5 Å². The predicted octanol–water partition coefficient (Wildman–Crippen LogP) is 4.55. The zero-order chi connectivity index (χ0) is 22.2. The van der Waals surface area contributed by atoms with Crippen molar-refractivity contribution < 1.29 is 14.4 Å². The highest BCUT2D eigenvalue weighted by Crippen LogP contribution is 2.19. The van der Waals surface area contributed by atoms with E-state index >= 15 is 0 Å². The molecule has 3 aromatic rings. The van der Waals surface area contributed by atoms with Gasteiger partial charge in [-0.2, -0.15) is 5.10 Å². The molecule has 3 aromatic carbocycles. The average Bonchev–Trinajstić information content (AvgIpc) is 2.75. The van der Waals surface area contributed by atoms with Crippen LogP contribution in [0.2, 0.25) is 0 Å². The van der Waals surface area contributed by atoms with Crippen LogP contribution in [0.4, 0.5) is 11.4 Å². The maximum Gasteiger partial charge on any atom is 0.329 e.